The number of fused-ring (bicyclic) bond motifs is 5. The van der Waals surface area contributed by atoms with Crippen molar-refractivity contribution in [3.8, 4) is 11.4 Å². The number of carbonyl (C=O) groups excluding carboxylic acids is 3. The molecule has 5 rings (SSSR count). The molecule has 3 aromatic rings. The maximum atomic E-state index is 13.9. The number of Topliss-reactive ketones (excluding diaryl/α,β-unsaturated/α-hetero) is 1. The van der Waals surface area contributed by atoms with E-state index in [1.807, 2.05) is 25.1 Å². The largest absolute Gasteiger partial charge is 0.445 e. The van der Waals surface area contributed by atoms with Crippen LogP contribution in [0.1, 0.15) is 82.2 Å². The highest BCUT2D eigenvalue weighted by molar-refractivity contribution is 5.95. The van der Waals surface area contributed by atoms with Crippen molar-refractivity contribution in [3.63, 3.8) is 0 Å². The molecular weight excluding hydrogens is 522 g/mol. The molecule has 0 saturated carbocycles. The maximum Gasteiger partial charge on any atom is 0.408 e. The van der Waals surface area contributed by atoms with Crippen LogP contribution in [0.5, 0.6) is 0 Å². The van der Waals surface area contributed by atoms with Gasteiger partial charge in [0, 0.05) is 28.5 Å². The maximum absolute atomic E-state index is 13.9. The molecule has 1 N–H and O–H groups in total. The number of ether oxygens (including phenoxy) is 2. The summed E-state index contributed by atoms with van der Waals surface area (Å²) in [4.78, 5) is 58.0. The lowest BCUT2D eigenvalue weighted by Gasteiger charge is -2.37. The summed E-state index contributed by atoms with van der Waals surface area (Å²) in [6.07, 6.45) is 0.500. The third-order valence-corrected chi connectivity index (χ3v) is 8.02. The molecule has 0 saturated heterocycles. The van der Waals surface area contributed by atoms with E-state index in [0.29, 0.717) is 29.1 Å². The van der Waals surface area contributed by atoms with E-state index >= 15 is 0 Å². The molecule has 2 aromatic heterocycles. The molecule has 9 heteroatoms. The predicted molar refractivity (Wildman–Crippen MR) is 155 cm³/mol. The van der Waals surface area contributed by atoms with Gasteiger partial charge in [-0.1, -0.05) is 25.5 Å². The molecule has 1 aromatic carbocycles. The first kappa shape index (κ1) is 28.5. The Hall–Kier alpha value is -4.01. The van der Waals surface area contributed by atoms with E-state index in [2.05, 4.69) is 18.3 Å². The van der Waals surface area contributed by atoms with Gasteiger partial charge in [0.15, 0.2) is 11.4 Å². The highest BCUT2D eigenvalue weighted by Crippen LogP contribution is 2.42. The van der Waals surface area contributed by atoms with Gasteiger partial charge in [-0.15, -0.1) is 0 Å². The molecule has 1 unspecified atom stereocenters. The summed E-state index contributed by atoms with van der Waals surface area (Å²) < 4.78 is 12.9. The normalized spacial score (nSPS) is 18.4. The molecule has 2 atom stereocenters. The second kappa shape index (κ2) is 10.1. The third-order valence-electron chi connectivity index (χ3n) is 8.02. The van der Waals surface area contributed by atoms with Gasteiger partial charge >= 0.3 is 12.1 Å². The summed E-state index contributed by atoms with van der Waals surface area (Å²) in [5.41, 5.74) is 3.77. The molecule has 216 valence electrons. The van der Waals surface area contributed by atoms with E-state index in [1.54, 1.807) is 32.3 Å². The van der Waals surface area contributed by atoms with Crippen LogP contribution in [0.2, 0.25) is 0 Å². The van der Waals surface area contributed by atoms with Crippen LogP contribution in [-0.4, -0.2) is 39.0 Å². The second-order valence-electron chi connectivity index (χ2n) is 12.0. The van der Waals surface area contributed by atoms with Crippen molar-refractivity contribution in [3.05, 3.63) is 62.4 Å². The molecular formula is C32H37N3O6. The number of hydrogen-bond donors (Lipinski definition) is 1. The summed E-state index contributed by atoms with van der Waals surface area (Å²) in [6.45, 7) is 12.9. The number of ketones is 1. The number of rotatable bonds is 5. The number of nitrogens with one attached hydrogen (secondary N) is 1. The fourth-order valence-electron chi connectivity index (χ4n) is 6.04. The van der Waals surface area contributed by atoms with Gasteiger partial charge in [0.1, 0.15) is 11.6 Å². The van der Waals surface area contributed by atoms with Gasteiger partial charge in [0.05, 0.1) is 23.4 Å². The Kier molecular flexibility index (Phi) is 7.04. The van der Waals surface area contributed by atoms with Crippen LogP contribution in [0.3, 0.4) is 0 Å². The monoisotopic (exact) mass is 559 g/mol. The van der Waals surface area contributed by atoms with E-state index in [-0.39, 0.29) is 30.6 Å². The molecule has 0 bridgehead atoms. The number of alkyl carbamates (subject to hydrolysis) is 1. The first-order chi connectivity index (χ1) is 19.3. The fraction of sp³-hybridized carbons (Fsp3) is 0.469. The molecule has 2 aliphatic rings. The van der Waals surface area contributed by atoms with Crippen molar-refractivity contribution >= 4 is 28.7 Å². The third kappa shape index (κ3) is 4.81. The van der Waals surface area contributed by atoms with Gasteiger partial charge in [-0.3, -0.25) is 9.59 Å². The number of nitrogens with zero attached hydrogens (tertiary/aromatic N) is 2. The second-order valence-corrected chi connectivity index (χ2v) is 12.0. The molecule has 1 amide bonds. The minimum atomic E-state index is -1.65. The molecule has 0 radical (unpaired) electrons. The van der Waals surface area contributed by atoms with Crippen LogP contribution in [0.25, 0.3) is 22.3 Å². The average Bonchev–Trinajstić information content (AvgIpc) is 3.26. The van der Waals surface area contributed by atoms with Crippen LogP contribution in [0, 0.1) is 6.92 Å². The molecule has 1 aliphatic carbocycles. The predicted octanol–water partition coefficient (Wildman–Crippen LogP) is 4.87. The highest BCUT2D eigenvalue weighted by atomic mass is 16.6. The summed E-state index contributed by atoms with van der Waals surface area (Å²) >= 11 is 0. The smallest absolute Gasteiger partial charge is 0.408 e. The zero-order chi connectivity index (χ0) is 29.9. The van der Waals surface area contributed by atoms with Gasteiger partial charge in [-0.05, 0) is 77.6 Å². The van der Waals surface area contributed by atoms with E-state index < -0.39 is 29.3 Å². The van der Waals surface area contributed by atoms with Gasteiger partial charge < -0.3 is 19.4 Å². The lowest BCUT2D eigenvalue weighted by Crippen LogP contribution is -2.50. The number of esters is 1. The zero-order valence-electron chi connectivity index (χ0n) is 24.8. The van der Waals surface area contributed by atoms with Crippen molar-refractivity contribution in [1.29, 1.82) is 0 Å². The molecule has 9 nitrogen and oxygen atoms in total. The zero-order valence-corrected chi connectivity index (χ0v) is 24.8. The number of carbonyl (C=O) groups is 3. The Bertz CT molecular complexity index is 1660. The molecule has 0 fully saturated rings. The van der Waals surface area contributed by atoms with Gasteiger partial charge in [-0.25, -0.2) is 14.6 Å². The van der Waals surface area contributed by atoms with E-state index in [0.717, 1.165) is 34.0 Å². The van der Waals surface area contributed by atoms with Crippen molar-refractivity contribution in [2.75, 3.05) is 0 Å². The van der Waals surface area contributed by atoms with E-state index in [1.165, 1.54) is 6.92 Å². The standard InChI is InChI=1S/C32H37N3O6/c1-8-19-21-14-17(3)10-12-24(21)34-27-22(19)16-35-25(27)15-23-20(28(35)37)11-13-26(36)32(23,9-2)40-29(38)18(4)33-30(39)41-31(5,6)7/h10,12,14-15,18H,8-9,11,13,16H2,1-7H3,(H,33,39)/t18?,32-/m0/s1. The summed E-state index contributed by atoms with van der Waals surface area (Å²) in [6, 6.07) is 6.87. The van der Waals surface area contributed by atoms with Gasteiger partial charge in [-0.2, -0.15) is 0 Å². The summed E-state index contributed by atoms with van der Waals surface area (Å²) in [5.74, 6) is -1.06. The summed E-state index contributed by atoms with van der Waals surface area (Å²) in [7, 11) is 0. The van der Waals surface area contributed by atoms with Gasteiger partial charge in [0.25, 0.3) is 5.56 Å². The Morgan fingerprint density at radius 1 is 1.12 bits per heavy atom. The molecule has 3 heterocycles. The minimum absolute atomic E-state index is 0.0746. The SMILES string of the molecule is CCc1c2c(nc3ccc(C)cc13)-c1cc3c(c(=O)n1C2)CCC(=O)[C@@]3(CC)OC(=O)C(C)NC(=O)OC(C)(C)C. The highest BCUT2D eigenvalue weighted by Gasteiger charge is 2.48. The Morgan fingerprint density at radius 2 is 1.85 bits per heavy atom. The van der Waals surface area contributed by atoms with Crippen LogP contribution in [-0.2, 0) is 44.1 Å². The summed E-state index contributed by atoms with van der Waals surface area (Å²) in [5, 5.41) is 3.56. The molecule has 1 aliphatic heterocycles. The van der Waals surface area contributed by atoms with Crippen molar-refractivity contribution in [1.82, 2.24) is 14.9 Å². The quantitative estimate of drug-likeness (QED) is 0.347. The van der Waals surface area contributed by atoms with Crippen LogP contribution in [0.4, 0.5) is 4.79 Å². The van der Waals surface area contributed by atoms with Crippen molar-refractivity contribution < 1.29 is 23.9 Å². The lowest BCUT2D eigenvalue weighted by atomic mass is 9.76. The Labute approximate surface area is 239 Å². The first-order valence-corrected chi connectivity index (χ1v) is 14.2. The average molecular weight is 560 g/mol. The van der Waals surface area contributed by atoms with E-state index in [4.69, 9.17) is 14.5 Å². The molecule has 0 spiro atoms. The number of aryl methyl sites for hydroxylation is 2. The number of amides is 1. The number of aromatic nitrogens is 2. The number of hydrogen-bond acceptors (Lipinski definition) is 7. The van der Waals surface area contributed by atoms with Gasteiger partial charge in [0.2, 0.25) is 0 Å². The van der Waals surface area contributed by atoms with E-state index in [9.17, 15) is 19.2 Å². The van der Waals surface area contributed by atoms with Crippen molar-refractivity contribution in [2.24, 2.45) is 0 Å². The topological polar surface area (TPSA) is 117 Å². The van der Waals surface area contributed by atoms with Crippen LogP contribution < -0.4 is 10.9 Å². The van der Waals surface area contributed by atoms with Crippen LogP contribution >= 0.6 is 0 Å². The van der Waals surface area contributed by atoms with Crippen LogP contribution in [0.15, 0.2) is 29.1 Å². The first-order valence-electron chi connectivity index (χ1n) is 14.2. The number of pyridine rings is 2. The lowest BCUT2D eigenvalue weighted by molar-refractivity contribution is -0.172. The Balaban J connectivity index is 1.59. The minimum Gasteiger partial charge on any atom is -0.445 e. The van der Waals surface area contributed by atoms with Crippen molar-refractivity contribution in [2.45, 2.75) is 97.9 Å². The number of benzene rings is 1. The molecule has 41 heavy (non-hydrogen) atoms. The fourth-order valence-corrected chi connectivity index (χ4v) is 6.04. The Morgan fingerprint density at radius 3 is 2.51 bits per heavy atom.